The van der Waals surface area contributed by atoms with Crippen LogP contribution in [0.5, 0.6) is 0 Å². The molecule has 0 bridgehead atoms. The molecule has 0 aliphatic rings. The highest BCUT2D eigenvalue weighted by Crippen LogP contribution is 2.25. The van der Waals surface area contributed by atoms with Gasteiger partial charge in [0.1, 0.15) is 6.10 Å². The summed E-state index contributed by atoms with van der Waals surface area (Å²) in [6.45, 7) is 1.80. The molecule has 0 fully saturated rings. The van der Waals surface area contributed by atoms with Gasteiger partial charge in [-0.1, -0.05) is 32.1 Å². The molecule has 1 N–H and O–H groups in total. The fourth-order valence-corrected chi connectivity index (χ4v) is 2.70. The van der Waals surface area contributed by atoms with E-state index in [1.165, 1.54) is 0 Å². The molecular formula is C19H26F6O8. The van der Waals surface area contributed by atoms with Crippen molar-refractivity contribution in [2.75, 3.05) is 0 Å². The maximum absolute atomic E-state index is 12.5. The number of unbranched alkanes of at least 4 members (excludes halogenated alkanes) is 5. The van der Waals surface area contributed by atoms with Crippen LogP contribution in [0.25, 0.3) is 0 Å². The molecule has 0 aromatic heterocycles. The highest BCUT2D eigenvalue weighted by molar-refractivity contribution is 5.78. The third-order valence-electron chi connectivity index (χ3n) is 4.34. The first kappa shape index (κ1) is 30.5. The molecule has 3 unspecified atom stereocenters. The molecule has 8 nitrogen and oxygen atoms in total. The van der Waals surface area contributed by atoms with Gasteiger partial charge in [-0.05, 0) is 19.8 Å². The number of alkyl halides is 6. The molecule has 3 atom stereocenters. The van der Waals surface area contributed by atoms with Gasteiger partial charge < -0.3 is 19.3 Å². The fraction of sp³-hybridized carbons (Fsp3) is 0.789. The zero-order valence-corrected chi connectivity index (χ0v) is 18.0. The smallest absolute Gasteiger partial charge is 0.481 e. The van der Waals surface area contributed by atoms with E-state index in [2.05, 4.69) is 14.2 Å². The maximum atomic E-state index is 12.5. The summed E-state index contributed by atoms with van der Waals surface area (Å²) in [5.41, 5.74) is 0. The van der Waals surface area contributed by atoms with Crippen LogP contribution in [0.4, 0.5) is 26.3 Å². The van der Waals surface area contributed by atoms with Gasteiger partial charge in [0, 0.05) is 13.3 Å². The summed E-state index contributed by atoms with van der Waals surface area (Å²) < 4.78 is 86.8. The third kappa shape index (κ3) is 13.6. The highest BCUT2D eigenvalue weighted by Gasteiger charge is 2.44. The van der Waals surface area contributed by atoms with Crippen molar-refractivity contribution in [2.24, 2.45) is 5.92 Å². The predicted octanol–water partition coefficient (Wildman–Crippen LogP) is 4.30. The molecular weight excluding hydrogens is 470 g/mol. The summed E-state index contributed by atoms with van der Waals surface area (Å²) in [6.07, 6.45) is -11.2. The van der Waals surface area contributed by atoms with Gasteiger partial charge in [-0.15, -0.1) is 0 Å². The molecule has 0 saturated heterocycles. The molecule has 0 aromatic carbocycles. The Hall–Kier alpha value is -2.54. The Morgan fingerprint density at radius 2 is 1.18 bits per heavy atom. The zero-order valence-electron chi connectivity index (χ0n) is 18.0. The molecule has 0 rings (SSSR count). The van der Waals surface area contributed by atoms with E-state index in [-0.39, 0.29) is 19.3 Å². The predicted molar refractivity (Wildman–Crippen MR) is 97.4 cm³/mol. The number of hydrogen-bond acceptors (Lipinski definition) is 7. The zero-order chi connectivity index (χ0) is 25.8. The third-order valence-corrected chi connectivity index (χ3v) is 4.34. The lowest BCUT2D eigenvalue weighted by Crippen LogP contribution is -2.38. The first-order valence-corrected chi connectivity index (χ1v) is 10.0. The van der Waals surface area contributed by atoms with Gasteiger partial charge in [-0.2, -0.15) is 26.3 Å². The van der Waals surface area contributed by atoms with Crippen LogP contribution in [0.2, 0.25) is 0 Å². The molecule has 0 aromatic rings. The topological polar surface area (TPSA) is 116 Å². The summed E-state index contributed by atoms with van der Waals surface area (Å²) in [5.74, 6) is -8.87. The van der Waals surface area contributed by atoms with E-state index in [1.807, 2.05) is 0 Å². The lowest BCUT2D eigenvalue weighted by molar-refractivity contribution is -0.225. The summed E-state index contributed by atoms with van der Waals surface area (Å²) in [7, 11) is 0. The molecule has 14 heteroatoms. The normalized spacial score (nSPS) is 14.7. The summed E-state index contributed by atoms with van der Waals surface area (Å²) in [6, 6.07) is 0. The number of carbonyl (C=O) groups is 4. The van der Waals surface area contributed by atoms with E-state index >= 15 is 0 Å². The summed E-state index contributed by atoms with van der Waals surface area (Å²) >= 11 is 0. The molecule has 0 radical (unpaired) electrons. The average Bonchev–Trinajstić information content (AvgIpc) is 2.64. The van der Waals surface area contributed by atoms with E-state index in [0.717, 1.165) is 13.8 Å². The summed E-state index contributed by atoms with van der Waals surface area (Å²) in [5, 5.41) is 8.55. The van der Waals surface area contributed by atoms with Gasteiger partial charge in [-0.25, -0.2) is 9.59 Å². The van der Waals surface area contributed by atoms with Gasteiger partial charge in [0.2, 0.25) is 6.29 Å². The van der Waals surface area contributed by atoms with Crippen molar-refractivity contribution in [3.05, 3.63) is 0 Å². The van der Waals surface area contributed by atoms with Crippen molar-refractivity contribution in [1.29, 1.82) is 0 Å². The Balaban J connectivity index is 4.89. The molecule has 0 heterocycles. The quantitative estimate of drug-likeness (QED) is 0.164. The number of aliphatic carboxylic acids is 1. The van der Waals surface area contributed by atoms with Gasteiger partial charge in [0.25, 0.3) is 0 Å². The first-order chi connectivity index (χ1) is 15.1. The molecule has 0 spiro atoms. The van der Waals surface area contributed by atoms with Crippen LogP contribution in [-0.4, -0.2) is 53.7 Å². The van der Waals surface area contributed by atoms with Crippen molar-refractivity contribution in [2.45, 2.75) is 90.0 Å². The van der Waals surface area contributed by atoms with Gasteiger partial charge >= 0.3 is 36.2 Å². The summed E-state index contributed by atoms with van der Waals surface area (Å²) in [4.78, 5) is 44.6. The van der Waals surface area contributed by atoms with E-state index in [1.54, 1.807) is 0 Å². The van der Waals surface area contributed by atoms with E-state index in [9.17, 15) is 45.5 Å². The Kier molecular flexibility index (Phi) is 12.8. The van der Waals surface area contributed by atoms with Crippen molar-refractivity contribution in [3.8, 4) is 0 Å². The van der Waals surface area contributed by atoms with E-state index in [0.29, 0.717) is 32.1 Å². The lowest BCUT2D eigenvalue weighted by Gasteiger charge is -2.25. The van der Waals surface area contributed by atoms with Gasteiger partial charge in [-0.3, -0.25) is 9.59 Å². The number of hydrogen-bond donors (Lipinski definition) is 1. The Labute approximate surface area is 185 Å². The highest BCUT2D eigenvalue weighted by atomic mass is 19.4. The number of carboxylic acids is 1. The molecule has 33 heavy (non-hydrogen) atoms. The minimum Gasteiger partial charge on any atom is -0.481 e. The maximum Gasteiger partial charge on any atom is 0.491 e. The Morgan fingerprint density at radius 1 is 0.727 bits per heavy atom. The van der Waals surface area contributed by atoms with Crippen LogP contribution in [0.3, 0.4) is 0 Å². The molecule has 0 amide bonds. The van der Waals surface area contributed by atoms with Crippen LogP contribution >= 0.6 is 0 Å². The van der Waals surface area contributed by atoms with E-state index in [4.69, 9.17) is 5.11 Å². The molecule has 0 aliphatic heterocycles. The minimum atomic E-state index is -5.35. The van der Waals surface area contributed by atoms with Crippen molar-refractivity contribution in [3.63, 3.8) is 0 Å². The Morgan fingerprint density at radius 3 is 1.67 bits per heavy atom. The largest absolute Gasteiger partial charge is 0.491 e. The van der Waals surface area contributed by atoms with Crippen LogP contribution < -0.4 is 0 Å². The minimum absolute atomic E-state index is 0.0209. The average molecular weight is 496 g/mol. The first-order valence-electron chi connectivity index (χ1n) is 10.0. The van der Waals surface area contributed by atoms with Crippen molar-refractivity contribution < 1.29 is 64.8 Å². The second-order valence-electron chi connectivity index (χ2n) is 7.18. The SMILES string of the molecule is CC(OC(=O)C(CCCCCCCCC(=O)O)C(C)OC(=O)C(F)(F)F)OC(=O)C(F)(F)F. The van der Waals surface area contributed by atoms with Crippen molar-refractivity contribution in [1.82, 2.24) is 0 Å². The second kappa shape index (κ2) is 13.9. The standard InChI is InChI=1S/C19H26F6O8/c1-11(31-16(29)18(20,21)22)13(9-7-5-3-4-6-8-10-14(26)27)15(28)32-12(2)33-17(30)19(23,24)25/h11-13H,3-10H2,1-2H3,(H,26,27). The van der Waals surface area contributed by atoms with Crippen LogP contribution in [0, 0.1) is 5.92 Å². The number of carboxylic acid groups (broad SMARTS) is 1. The second-order valence-corrected chi connectivity index (χ2v) is 7.18. The fourth-order valence-electron chi connectivity index (χ4n) is 2.70. The van der Waals surface area contributed by atoms with Crippen LogP contribution in [-0.2, 0) is 33.4 Å². The van der Waals surface area contributed by atoms with Gasteiger partial charge in [0.05, 0.1) is 5.92 Å². The lowest BCUT2D eigenvalue weighted by atomic mass is 9.95. The van der Waals surface area contributed by atoms with Gasteiger partial charge in [0.15, 0.2) is 0 Å². The van der Waals surface area contributed by atoms with Crippen molar-refractivity contribution >= 4 is 23.9 Å². The number of rotatable bonds is 14. The molecule has 192 valence electrons. The number of esters is 3. The monoisotopic (exact) mass is 496 g/mol. The molecule has 0 saturated carbocycles. The molecule has 0 aliphatic carbocycles. The van der Waals surface area contributed by atoms with Crippen LogP contribution in [0.15, 0.2) is 0 Å². The number of halogens is 6. The van der Waals surface area contributed by atoms with E-state index < -0.39 is 54.5 Å². The number of carbonyl (C=O) groups excluding carboxylic acids is 3. The van der Waals surface area contributed by atoms with Crippen LogP contribution in [0.1, 0.15) is 65.2 Å². The number of ether oxygens (including phenoxy) is 3. The Bertz CT molecular complexity index is 662.